The van der Waals surface area contributed by atoms with Crippen molar-refractivity contribution in [1.82, 2.24) is 24.3 Å². The van der Waals surface area contributed by atoms with E-state index in [-0.39, 0.29) is 30.0 Å². The minimum absolute atomic E-state index is 0.0293. The normalized spacial score (nSPS) is 10.8. The molecule has 10 heteroatoms. The molecule has 0 amide bonds. The second-order valence-electron chi connectivity index (χ2n) is 5.90. The summed E-state index contributed by atoms with van der Waals surface area (Å²) < 4.78 is 7.22. The number of aromatic nitrogens is 5. The summed E-state index contributed by atoms with van der Waals surface area (Å²) in [4.78, 5) is 29.3. The van der Waals surface area contributed by atoms with Crippen LogP contribution in [0.15, 0.2) is 59.9 Å². The number of fused-ring (bicyclic) bond motifs is 1. The van der Waals surface area contributed by atoms with Crippen LogP contribution in [-0.4, -0.2) is 36.6 Å². The maximum absolute atomic E-state index is 12.6. The van der Waals surface area contributed by atoms with Gasteiger partial charge in [0.1, 0.15) is 0 Å². The van der Waals surface area contributed by atoms with E-state index < -0.39 is 5.97 Å². The zero-order chi connectivity index (χ0) is 20.2. The molecule has 0 fully saturated rings. The summed E-state index contributed by atoms with van der Waals surface area (Å²) >= 11 is 1.44. The summed E-state index contributed by atoms with van der Waals surface area (Å²) in [5, 5.41) is 3.74. The monoisotopic (exact) mass is 407 g/mol. The van der Waals surface area contributed by atoms with Gasteiger partial charge in [0.2, 0.25) is 11.9 Å². The van der Waals surface area contributed by atoms with Gasteiger partial charge >= 0.3 is 5.97 Å². The largest absolute Gasteiger partial charge is 0.453 e. The molecule has 0 radical (unpaired) electrons. The maximum Gasteiger partial charge on any atom is 0.359 e. The van der Waals surface area contributed by atoms with Gasteiger partial charge in [-0.3, -0.25) is 4.40 Å². The molecule has 0 bridgehead atoms. The van der Waals surface area contributed by atoms with Gasteiger partial charge in [-0.25, -0.2) is 9.78 Å². The number of ether oxygens (including phenoxy) is 1. The molecule has 1 aromatic carbocycles. The molecular weight excluding hydrogens is 390 g/mol. The summed E-state index contributed by atoms with van der Waals surface area (Å²) in [6, 6.07) is 14.9. The molecule has 0 aliphatic heterocycles. The molecule has 0 saturated heterocycles. The summed E-state index contributed by atoms with van der Waals surface area (Å²) in [5.41, 5.74) is 7.47. The molecule has 0 saturated carbocycles. The third-order valence-corrected chi connectivity index (χ3v) is 4.61. The van der Waals surface area contributed by atoms with Crippen LogP contribution in [0.25, 0.3) is 5.52 Å². The van der Waals surface area contributed by atoms with E-state index in [0.717, 1.165) is 5.69 Å². The number of imidazole rings is 1. The summed E-state index contributed by atoms with van der Waals surface area (Å²) in [6.07, 6.45) is 3.74. The number of nitrogens with zero attached hydrogens (tertiary/aromatic N) is 5. The van der Waals surface area contributed by atoms with Crippen molar-refractivity contribution in [3.05, 3.63) is 66.2 Å². The molecule has 9 nitrogen and oxygen atoms in total. The quantitative estimate of drug-likeness (QED) is 0.367. The number of esters is 1. The topological polar surface area (TPSA) is 120 Å². The van der Waals surface area contributed by atoms with Crippen molar-refractivity contribution < 1.29 is 9.53 Å². The zero-order valence-electron chi connectivity index (χ0n) is 15.4. The van der Waals surface area contributed by atoms with Gasteiger partial charge < -0.3 is 15.8 Å². The van der Waals surface area contributed by atoms with Crippen LogP contribution in [0, 0.1) is 0 Å². The number of rotatable bonds is 6. The fourth-order valence-electron chi connectivity index (χ4n) is 2.71. The molecule has 4 aromatic rings. The Morgan fingerprint density at radius 1 is 1.10 bits per heavy atom. The molecule has 3 N–H and O–H groups in total. The highest BCUT2D eigenvalue weighted by Gasteiger charge is 2.19. The van der Waals surface area contributed by atoms with E-state index in [0.29, 0.717) is 10.7 Å². The van der Waals surface area contributed by atoms with Crippen molar-refractivity contribution in [2.75, 3.05) is 17.3 Å². The number of thioether (sulfide) groups is 1. The Balaban J connectivity index is 1.51. The number of anilines is 3. The number of hydrogen-bond donors (Lipinski definition) is 2. The number of carbonyl (C=O) groups excluding carboxylic acids is 1. The molecule has 4 rings (SSSR count). The molecule has 0 atom stereocenters. The van der Waals surface area contributed by atoms with Crippen LogP contribution in [0.2, 0.25) is 0 Å². The average Bonchev–Trinajstić information content (AvgIpc) is 3.11. The first-order valence-corrected chi connectivity index (χ1v) is 9.87. The van der Waals surface area contributed by atoms with Crippen LogP contribution in [0.1, 0.15) is 16.3 Å². The molecule has 0 spiro atoms. The lowest BCUT2D eigenvalue weighted by Gasteiger charge is -2.07. The van der Waals surface area contributed by atoms with Crippen LogP contribution < -0.4 is 11.1 Å². The molecule has 0 unspecified atom stereocenters. The first kappa shape index (κ1) is 18.7. The van der Waals surface area contributed by atoms with Crippen molar-refractivity contribution in [2.24, 2.45) is 0 Å². The fourth-order valence-corrected chi connectivity index (χ4v) is 3.25. The number of hydrogen-bond acceptors (Lipinski definition) is 9. The molecule has 3 aromatic heterocycles. The lowest BCUT2D eigenvalue weighted by molar-refractivity contribution is 0.0458. The summed E-state index contributed by atoms with van der Waals surface area (Å²) in [7, 11) is 0. The number of pyridine rings is 1. The number of para-hydroxylation sites is 1. The van der Waals surface area contributed by atoms with Crippen molar-refractivity contribution in [3.63, 3.8) is 0 Å². The predicted molar refractivity (Wildman–Crippen MR) is 110 cm³/mol. The van der Waals surface area contributed by atoms with Crippen molar-refractivity contribution in [3.8, 4) is 0 Å². The Labute approximate surface area is 170 Å². The average molecular weight is 407 g/mol. The first-order chi connectivity index (χ1) is 14.1. The molecular formula is C19H17N7O2S. The standard InChI is InChI=1S/C19H17N7O2S/c1-29-19-24-15(13-9-5-6-10-26(13)19)16(27)28-11-14-22-17(20)25-18(23-14)21-12-7-3-2-4-8-12/h2-10H,11H2,1H3,(H3,20,21,22,23,25). The smallest absolute Gasteiger partial charge is 0.359 e. The minimum Gasteiger partial charge on any atom is -0.453 e. The van der Waals surface area contributed by atoms with Gasteiger partial charge in [-0.1, -0.05) is 36.0 Å². The van der Waals surface area contributed by atoms with Gasteiger partial charge in [0.15, 0.2) is 23.3 Å². The highest BCUT2D eigenvalue weighted by molar-refractivity contribution is 7.98. The third kappa shape index (κ3) is 4.11. The number of nitrogen functional groups attached to an aromatic ring is 1. The van der Waals surface area contributed by atoms with E-state index in [4.69, 9.17) is 10.5 Å². The SMILES string of the molecule is CSc1nc(C(=O)OCc2nc(N)nc(Nc3ccccc3)n2)c2ccccn12. The van der Waals surface area contributed by atoms with Crippen molar-refractivity contribution >= 4 is 40.8 Å². The Morgan fingerprint density at radius 2 is 1.90 bits per heavy atom. The number of carbonyl (C=O) groups is 1. The Morgan fingerprint density at radius 3 is 2.69 bits per heavy atom. The van der Waals surface area contributed by atoms with Crippen LogP contribution in [0.4, 0.5) is 17.6 Å². The lowest BCUT2D eigenvalue weighted by Crippen LogP contribution is -2.11. The van der Waals surface area contributed by atoms with Crippen molar-refractivity contribution in [1.29, 1.82) is 0 Å². The van der Waals surface area contributed by atoms with Gasteiger partial charge in [0, 0.05) is 11.9 Å². The molecule has 3 heterocycles. The number of nitrogens with two attached hydrogens (primary N) is 1. The predicted octanol–water partition coefficient (Wildman–Crippen LogP) is 2.92. The molecule has 0 aliphatic rings. The van der Waals surface area contributed by atoms with Crippen LogP contribution in [0.5, 0.6) is 0 Å². The maximum atomic E-state index is 12.6. The van der Waals surface area contributed by atoms with E-state index in [2.05, 4.69) is 25.3 Å². The van der Waals surface area contributed by atoms with E-state index in [9.17, 15) is 4.79 Å². The highest BCUT2D eigenvalue weighted by Crippen LogP contribution is 2.21. The highest BCUT2D eigenvalue weighted by atomic mass is 32.2. The lowest BCUT2D eigenvalue weighted by atomic mass is 10.3. The molecule has 146 valence electrons. The van der Waals surface area contributed by atoms with Gasteiger partial charge in [-0.05, 0) is 30.5 Å². The Hall–Kier alpha value is -3.66. The minimum atomic E-state index is -0.564. The third-order valence-electron chi connectivity index (χ3n) is 3.95. The first-order valence-electron chi connectivity index (χ1n) is 8.65. The number of benzene rings is 1. The van der Waals surface area contributed by atoms with E-state index in [1.54, 1.807) is 0 Å². The van der Waals surface area contributed by atoms with Gasteiger partial charge in [0.25, 0.3) is 0 Å². The van der Waals surface area contributed by atoms with E-state index >= 15 is 0 Å². The van der Waals surface area contributed by atoms with E-state index in [1.807, 2.05) is 65.4 Å². The zero-order valence-corrected chi connectivity index (χ0v) is 16.3. The van der Waals surface area contributed by atoms with Crippen molar-refractivity contribution in [2.45, 2.75) is 11.8 Å². The summed E-state index contributed by atoms with van der Waals surface area (Å²) in [5.74, 6) is -0.0307. The number of nitrogens with one attached hydrogen (secondary N) is 1. The second-order valence-corrected chi connectivity index (χ2v) is 6.68. The van der Waals surface area contributed by atoms with Gasteiger partial charge in [-0.15, -0.1) is 0 Å². The summed E-state index contributed by atoms with van der Waals surface area (Å²) in [6.45, 7) is -0.157. The van der Waals surface area contributed by atoms with Gasteiger partial charge in [0.05, 0.1) is 5.52 Å². The van der Waals surface area contributed by atoms with Crippen LogP contribution >= 0.6 is 11.8 Å². The van der Waals surface area contributed by atoms with Crippen LogP contribution in [0.3, 0.4) is 0 Å². The molecule has 0 aliphatic carbocycles. The Kier molecular flexibility index (Phi) is 5.25. The van der Waals surface area contributed by atoms with Gasteiger partial charge in [-0.2, -0.15) is 15.0 Å². The van der Waals surface area contributed by atoms with Crippen LogP contribution in [-0.2, 0) is 11.3 Å². The molecule has 29 heavy (non-hydrogen) atoms. The Bertz CT molecular complexity index is 1160. The fraction of sp³-hybridized carbons (Fsp3) is 0.105. The second kappa shape index (κ2) is 8.15. The van der Waals surface area contributed by atoms with E-state index in [1.165, 1.54) is 11.8 Å².